The lowest BCUT2D eigenvalue weighted by atomic mass is 9.96. The quantitative estimate of drug-likeness (QED) is 0.869. The van der Waals surface area contributed by atoms with E-state index in [9.17, 15) is 14.7 Å². The van der Waals surface area contributed by atoms with Crippen molar-refractivity contribution in [1.29, 1.82) is 0 Å². The van der Waals surface area contributed by atoms with Gasteiger partial charge in [-0.3, -0.25) is 0 Å². The monoisotopic (exact) mass is 268 g/mol. The Hall–Kier alpha value is -2.62. The summed E-state index contributed by atoms with van der Waals surface area (Å²) in [6, 6.07) is 14.0. The molecule has 0 fully saturated rings. The highest BCUT2D eigenvalue weighted by molar-refractivity contribution is 5.94. The molecule has 1 heterocycles. The van der Waals surface area contributed by atoms with Gasteiger partial charge in [-0.25, -0.2) is 9.59 Å². The lowest BCUT2D eigenvalue weighted by Crippen LogP contribution is -2.08. The number of carboxylic acid groups (broad SMARTS) is 1. The van der Waals surface area contributed by atoms with Crippen molar-refractivity contribution in [3.8, 4) is 0 Å². The first-order chi connectivity index (χ1) is 9.66. The van der Waals surface area contributed by atoms with Gasteiger partial charge in [-0.1, -0.05) is 36.4 Å². The molecule has 2 aromatic rings. The van der Waals surface area contributed by atoms with E-state index in [1.165, 1.54) is 0 Å². The van der Waals surface area contributed by atoms with Crippen LogP contribution in [0.2, 0.25) is 0 Å². The van der Waals surface area contributed by atoms with E-state index in [1.807, 2.05) is 12.1 Å². The fourth-order valence-electron chi connectivity index (χ4n) is 2.48. The van der Waals surface area contributed by atoms with Crippen LogP contribution < -0.4 is 0 Å². The first-order valence-electron chi connectivity index (χ1n) is 6.28. The number of ether oxygens (including phenoxy) is 1. The first-order valence-corrected chi connectivity index (χ1v) is 6.28. The van der Waals surface area contributed by atoms with Crippen LogP contribution in [-0.2, 0) is 11.2 Å². The van der Waals surface area contributed by atoms with E-state index in [1.54, 1.807) is 36.4 Å². The second-order valence-electron chi connectivity index (χ2n) is 4.65. The van der Waals surface area contributed by atoms with Gasteiger partial charge in [0.05, 0.1) is 11.1 Å². The molecule has 2 aromatic carbocycles. The van der Waals surface area contributed by atoms with Crippen LogP contribution in [0.1, 0.15) is 37.9 Å². The van der Waals surface area contributed by atoms with Crippen molar-refractivity contribution < 1.29 is 19.4 Å². The van der Waals surface area contributed by atoms with Crippen molar-refractivity contribution in [3.05, 3.63) is 70.8 Å². The number of carbonyl (C=O) groups is 2. The van der Waals surface area contributed by atoms with Gasteiger partial charge in [0.1, 0.15) is 6.10 Å². The largest absolute Gasteiger partial charge is 0.478 e. The van der Waals surface area contributed by atoms with Gasteiger partial charge >= 0.3 is 11.9 Å². The molecule has 0 saturated carbocycles. The molecule has 3 rings (SSSR count). The average molecular weight is 268 g/mol. The fourth-order valence-corrected chi connectivity index (χ4v) is 2.48. The number of rotatable bonds is 3. The van der Waals surface area contributed by atoms with Gasteiger partial charge in [0.25, 0.3) is 0 Å². The van der Waals surface area contributed by atoms with Crippen LogP contribution >= 0.6 is 0 Å². The number of hydrogen-bond acceptors (Lipinski definition) is 3. The molecule has 0 spiro atoms. The predicted molar refractivity (Wildman–Crippen MR) is 71.7 cm³/mol. The van der Waals surface area contributed by atoms with Gasteiger partial charge in [0.15, 0.2) is 0 Å². The van der Waals surface area contributed by atoms with E-state index in [0.29, 0.717) is 17.5 Å². The summed E-state index contributed by atoms with van der Waals surface area (Å²) < 4.78 is 5.34. The molecular formula is C16H12O4. The Balaban J connectivity index is 1.94. The Morgan fingerprint density at radius 1 is 1.10 bits per heavy atom. The Labute approximate surface area is 115 Å². The minimum Gasteiger partial charge on any atom is -0.478 e. The molecule has 0 bridgehead atoms. The molecule has 20 heavy (non-hydrogen) atoms. The van der Waals surface area contributed by atoms with E-state index in [0.717, 1.165) is 5.56 Å². The first kappa shape index (κ1) is 12.4. The number of benzene rings is 2. The second kappa shape index (κ2) is 4.81. The molecule has 1 N–H and O–H groups in total. The summed E-state index contributed by atoms with van der Waals surface area (Å²) in [6.07, 6.45) is -0.0511. The number of cyclic esters (lactones) is 1. The van der Waals surface area contributed by atoms with Crippen molar-refractivity contribution in [3.63, 3.8) is 0 Å². The molecule has 0 aliphatic carbocycles. The summed E-state index contributed by atoms with van der Waals surface area (Å²) in [4.78, 5) is 22.9. The Kier molecular flexibility index (Phi) is 2.99. The predicted octanol–water partition coefficient (Wildman–Crippen LogP) is 2.84. The molecular weight excluding hydrogens is 256 g/mol. The van der Waals surface area contributed by atoms with Crippen LogP contribution in [0.25, 0.3) is 0 Å². The fraction of sp³-hybridized carbons (Fsp3) is 0.125. The summed E-state index contributed by atoms with van der Waals surface area (Å²) in [5.74, 6) is -1.32. The normalized spacial score (nSPS) is 16.6. The highest BCUT2D eigenvalue weighted by Crippen LogP contribution is 2.33. The molecule has 4 nitrogen and oxygen atoms in total. The van der Waals surface area contributed by atoms with Crippen LogP contribution in [0.4, 0.5) is 0 Å². The minimum atomic E-state index is -0.974. The van der Waals surface area contributed by atoms with Gasteiger partial charge in [0, 0.05) is 12.0 Å². The zero-order valence-corrected chi connectivity index (χ0v) is 10.6. The van der Waals surface area contributed by atoms with Crippen LogP contribution in [0.15, 0.2) is 48.5 Å². The third-order valence-corrected chi connectivity index (χ3v) is 3.43. The van der Waals surface area contributed by atoms with Crippen LogP contribution in [0.5, 0.6) is 0 Å². The van der Waals surface area contributed by atoms with Gasteiger partial charge in [-0.05, 0) is 17.7 Å². The Bertz CT molecular complexity index is 690. The van der Waals surface area contributed by atoms with Gasteiger partial charge in [-0.15, -0.1) is 0 Å². The summed E-state index contributed by atoms with van der Waals surface area (Å²) in [6.45, 7) is 0. The number of fused-ring (bicyclic) bond motifs is 1. The van der Waals surface area contributed by atoms with Crippen molar-refractivity contribution in [2.75, 3.05) is 0 Å². The second-order valence-corrected chi connectivity index (χ2v) is 4.65. The molecule has 100 valence electrons. The van der Waals surface area contributed by atoms with Crippen molar-refractivity contribution in [1.82, 2.24) is 0 Å². The topological polar surface area (TPSA) is 63.6 Å². The van der Waals surface area contributed by atoms with Gasteiger partial charge in [-0.2, -0.15) is 0 Å². The SMILES string of the molecule is O=C(O)c1ccccc1C[C@@H]1OC(=O)c2ccccc21. The number of carbonyl (C=O) groups excluding carboxylic acids is 1. The van der Waals surface area contributed by atoms with E-state index in [2.05, 4.69) is 0 Å². The molecule has 0 saturated heterocycles. The van der Waals surface area contributed by atoms with E-state index in [4.69, 9.17) is 4.74 Å². The molecule has 4 heteroatoms. The molecule has 0 amide bonds. The summed E-state index contributed by atoms with van der Waals surface area (Å²) in [7, 11) is 0. The third kappa shape index (κ3) is 2.05. The lowest BCUT2D eigenvalue weighted by molar-refractivity contribution is 0.0387. The van der Waals surface area contributed by atoms with E-state index >= 15 is 0 Å². The number of hydrogen-bond donors (Lipinski definition) is 1. The van der Waals surface area contributed by atoms with Crippen LogP contribution in [0.3, 0.4) is 0 Å². The summed E-state index contributed by atoms with van der Waals surface area (Å²) >= 11 is 0. The smallest absolute Gasteiger partial charge is 0.339 e. The third-order valence-electron chi connectivity index (χ3n) is 3.43. The van der Waals surface area contributed by atoms with Crippen molar-refractivity contribution in [2.24, 2.45) is 0 Å². The number of aromatic carboxylic acids is 1. The summed E-state index contributed by atoms with van der Waals surface area (Å²) in [5.41, 5.74) is 2.28. The van der Waals surface area contributed by atoms with Crippen molar-refractivity contribution in [2.45, 2.75) is 12.5 Å². The molecule has 0 unspecified atom stereocenters. The highest BCUT2D eigenvalue weighted by atomic mass is 16.5. The van der Waals surface area contributed by atoms with Gasteiger partial charge in [0.2, 0.25) is 0 Å². The molecule has 0 aromatic heterocycles. The van der Waals surface area contributed by atoms with E-state index in [-0.39, 0.29) is 11.5 Å². The van der Waals surface area contributed by atoms with Crippen molar-refractivity contribution >= 4 is 11.9 Å². The lowest BCUT2D eigenvalue weighted by Gasteiger charge is -2.12. The zero-order chi connectivity index (χ0) is 14.1. The molecule has 0 radical (unpaired) electrons. The highest BCUT2D eigenvalue weighted by Gasteiger charge is 2.31. The number of carboxylic acids is 1. The maximum atomic E-state index is 11.7. The minimum absolute atomic E-state index is 0.243. The Morgan fingerprint density at radius 2 is 1.80 bits per heavy atom. The van der Waals surface area contributed by atoms with E-state index < -0.39 is 12.1 Å². The van der Waals surface area contributed by atoms with Crippen LogP contribution in [-0.4, -0.2) is 17.0 Å². The molecule has 1 aliphatic rings. The zero-order valence-electron chi connectivity index (χ0n) is 10.6. The average Bonchev–Trinajstić information content (AvgIpc) is 2.76. The number of esters is 1. The summed E-state index contributed by atoms with van der Waals surface area (Å²) in [5, 5.41) is 9.18. The standard InChI is InChI=1S/C16H12O4/c17-15(18)11-6-2-1-5-10(11)9-14-12-7-3-4-8-13(12)16(19)20-14/h1-8,14H,9H2,(H,17,18)/t14-/m0/s1. The maximum Gasteiger partial charge on any atom is 0.339 e. The Morgan fingerprint density at radius 3 is 2.60 bits per heavy atom. The molecule has 1 atom stereocenters. The van der Waals surface area contributed by atoms with Gasteiger partial charge < -0.3 is 9.84 Å². The molecule has 1 aliphatic heterocycles. The maximum absolute atomic E-state index is 11.7. The van der Waals surface area contributed by atoms with Crippen LogP contribution in [0, 0.1) is 0 Å².